The van der Waals surface area contributed by atoms with Crippen LogP contribution in [0.2, 0.25) is 5.15 Å². The van der Waals surface area contributed by atoms with E-state index in [2.05, 4.69) is 21.9 Å². The summed E-state index contributed by atoms with van der Waals surface area (Å²) in [6.45, 7) is 4.59. The highest BCUT2D eigenvalue weighted by atomic mass is 35.5. The molecular weight excluding hydrogens is 286 g/mol. The van der Waals surface area contributed by atoms with Crippen LogP contribution in [0.4, 0.5) is 0 Å². The predicted octanol–water partition coefficient (Wildman–Crippen LogP) is 3.80. The van der Waals surface area contributed by atoms with E-state index >= 15 is 0 Å². The molecule has 0 aromatic carbocycles. The van der Waals surface area contributed by atoms with Crippen LogP contribution in [0.5, 0.6) is 5.88 Å². The summed E-state index contributed by atoms with van der Waals surface area (Å²) in [6, 6.07) is 4.04. The standard InChI is InChI=1S/C16H20ClN3O/c1-3-5-14-19-15(17)12(2)16(20-14)21-11-4-6-13-7-9-18-10-8-13/h7-10H,3-6,11H2,1-2H3. The van der Waals surface area contributed by atoms with Gasteiger partial charge < -0.3 is 4.74 Å². The molecule has 2 heterocycles. The quantitative estimate of drug-likeness (QED) is 0.576. The Kier molecular flexibility index (Phi) is 5.93. The van der Waals surface area contributed by atoms with Crippen LogP contribution < -0.4 is 4.74 Å². The fraction of sp³-hybridized carbons (Fsp3) is 0.438. The third-order valence-electron chi connectivity index (χ3n) is 3.16. The highest BCUT2D eigenvalue weighted by Crippen LogP contribution is 2.22. The highest BCUT2D eigenvalue weighted by Gasteiger charge is 2.10. The van der Waals surface area contributed by atoms with Crippen molar-refractivity contribution in [3.8, 4) is 5.88 Å². The molecular formula is C16H20ClN3O. The van der Waals surface area contributed by atoms with Crippen LogP contribution in [-0.4, -0.2) is 21.6 Å². The Bertz CT molecular complexity index is 575. The Morgan fingerprint density at radius 2 is 1.90 bits per heavy atom. The van der Waals surface area contributed by atoms with Crippen molar-refractivity contribution in [2.75, 3.05) is 6.61 Å². The van der Waals surface area contributed by atoms with E-state index in [1.807, 2.05) is 31.5 Å². The van der Waals surface area contributed by atoms with Gasteiger partial charge in [0.15, 0.2) is 0 Å². The summed E-state index contributed by atoms with van der Waals surface area (Å²) in [6.07, 6.45) is 7.30. The summed E-state index contributed by atoms with van der Waals surface area (Å²) in [5, 5.41) is 0.484. The molecule has 0 spiro atoms. The number of nitrogens with zero attached hydrogens (tertiary/aromatic N) is 3. The van der Waals surface area contributed by atoms with Gasteiger partial charge in [-0.1, -0.05) is 18.5 Å². The predicted molar refractivity (Wildman–Crippen MR) is 83.8 cm³/mol. The lowest BCUT2D eigenvalue weighted by Crippen LogP contribution is -2.06. The van der Waals surface area contributed by atoms with E-state index < -0.39 is 0 Å². The number of pyridine rings is 1. The van der Waals surface area contributed by atoms with Crippen LogP contribution in [0.25, 0.3) is 0 Å². The van der Waals surface area contributed by atoms with E-state index in [4.69, 9.17) is 16.3 Å². The lowest BCUT2D eigenvalue weighted by molar-refractivity contribution is 0.295. The van der Waals surface area contributed by atoms with Gasteiger partial charge in [0.25, 0.3) is 0 Å². The van der Waals surface area contributed by atoms with Gasteiger partial charge in [-0.2, -0.15) is 4.98 Å². The minimum absolute atomic E-state index is 0.484. The summed E-state index contributed by atoms with van der Waals surface area (Å²) in [7, 11) is 0. The zero-order valence-corrected chi connectivity index (χ0v) is 13.2. The molecule has 4 nitrogen and oxygen atoms in total. The Labute approximate surface area is 130 Å². The van der Waals surface area contributed by atoms with Crippen LogP contribution in [0, 0.1) is 6.92 Å². The number of ether oxygens (including phenoxy) is 1. The summed E-state index contributed by atoms with van der Waals surface area (Å²) in [4.78, 5) is 12.7. The minimum Gasteiger partial charge on any atom is -0.477 e. The fourth-order valence-corrected chi connectivity index (χ4v) is 2.16. The lowest BCUT2D eigenvalue weighted by atomic mass is 10.1. The average molecular weight is 306 g/mol. The molecule has 0 aliphatic rings. The highest BCUT2D eigenvalue weighted by molar-refractivity contribution is 6.30. The van der Waals surface area contributed by atoms with Crippen molar-refractivity contribution in [3.63, 3.8) is 0 Å². The molecule has 0 atom stereocenters. The van der Waals surface area contributed by atoms with E-state index in [-0.39, 0.29) is 0 Å². The second-order valence-corrected chi connectivity index (χ2v) is 5.28. The van der Waals surface area contributed by atoms with Gasteiger partial charge in [0, 0.05) is 24.4 Å². The zero-order chi connectivity index (χ0) is 15.1. The molecule has 0 N–H and O–H groups in total. The monoisotopic (exact) mass is 305 g/mol. The third-order valence-corrected chi connectivity index (χ3v) is 3.53. The first-order chi connectivity index (χ1) is 10.2. The van der Waals surface area contributed by atoms with Crippen molar-refractivity contribution < 1.29 is 4.74 Å². The lowest BCUT2D eigenvalue weighted by Gasteiger charge is -2.10. The molecule has 0 unspecified atom stereocenters. The van der Waals surface area contributed by atoms with Gasteiger partial charge in [0.05, 0.1) is 6.61 Å². The molecule has 0 amide bonds. The number of hydrogen-bond donors (Lipinski definition) is 0. The minimum atomic E-state index is 0.484. The van der Waals surface area contributed by atoms with E-state index in [0.29, 0.717) is 17.6 Å². The molecule has 21 heavy (non-hydrogen) atoms. The molecule has 0 saturated heterocycles. The van der Waals surface area contributed by atoms with Crippen LogP contribution in [0.3, 0.4) is 0 Å². The SMILES string of the molecule is CCCc1nc(Cl)c(C)c(OCCCc2ccncc2)n1. The van der Waals surface area contributed by atoms with Gasteiger partial charge in [-0.05, 0) is 43.9 Å². The van der Waals surface area contributed by atoms with Crippen LogP contribution in [-0.2, 0) is 12.8 Å². The number of aryl methyl sites for hydroxylation is 2. The van der Waals surface area contributed by atoms with Crippen LogP contribution in [0.15, 0.2) is 24.5 Å². The molecule has 0 aliphatic carbocycles. The van der Waals surface area contributed by atoms with E-state index in [9.17, 15) is 0 Å². The van der Waals surface area contributed by atoms with Gasteiger partial charge in [0.1, 0.15) is 11.0 Å². The molecule has 0 bridgehead atoms. The number of halogens is 1. The van der Waals surface area contributed by atoms with Crippen molar-refractivity contribution in [1.82, 2.24) is 15.0 Å². The van der Waals surface area contributed by atoms with E-state index in [1.54, 1.807) is 0 Å². The van der Waals surface area contributed by atoms with Crippen molar-refractivity contribution >= 4 is 11.6 Å². The maximum Gasteiger partial charge on any atom is 0.221 e. The van der Waals surface area contributed by atoms with Crippen molar-refractivity contribution in [2.24, 2.45) is 0 Å². The van der Waals surface area contributed by atoms with E-state index in [0.717, 1.165) is 37.1 Å². The second-order valence-electron chi connectivity index (χ2n) is 4.92. The van der Waals surface area contributed by atoms with Crippen LogP contribution in [0.1, 0.15) is 36.7 Å². The van der Waals surface area contributed by atoms with Gasteiger partial charge in [-0.15, -0.1) is 0 Å². The smallest absolute Gasteiger partial charge is 0.221 e. The zero-order valence-electron chi connectivity index (χ0n) is 12.5. The first-order valence-electron chi connectivity index (χ1n) is 7.25. The maximum atomic E-state index is 6.13. The normalized spacial score (nSPS) is 10.6. The topological polar surface area (TPSA) is 47.9 Å². The molecule has 0 saturated carbocycles. The third kappa shape index (κ3) is 4.67. The fourth-order valence-electron chi connectivity index (χ4n) is 1.98. The summed E-state index contributed by atoms with van der Waals surface area (Å²) < 4.78 is 5.78. The van der Waals surface area contributed by atoms with Crippen molar-refractivity contribution in [3.05, 3.63) is 46.6 Å². The van der Waals surface area contributed by atoms with Gasteiger partial charge >= 0.3 is 0 Å². The Morgan fingerprint density at radius 3 is 2.62 bits per heavy atom. The first kappa shape index (κ1) is 15.7. The Balaban J connectivity index is 1.90. The van der Waals surface area contributed by atoms with Crippen molar-refractivity contribution in [2.45, 2.75) is 39.5 Å². The molecule has 5 heteroatoms. The molecule has 2 aromatic rings. The van der Waals surface area contributed by atoms with Gasteiger partial charge in [0.2, 0.25) is 5.88 Å². The van der Waals surface area contributed by atoms with E-state index in [1.165, 1.54) is 5.56 Å². The Hall–Kier alpha value is -1.68. The molecule has 2 aromatic heterocycles. The molecule has 112 valence electrons. The number of aromatic nitrogens is 3. The van der Waals surface area contributed by atoms with Crippen LogP contribution >= 0.6 is 11.6 Å². The summed E-state index contributed by atoms with van der Waals surface area (Å²) >= 11 is 6.13. The number of rotatable bonds is 7. The summed E-state index contributed by atoms with van der Waals surface area (Å²) in [5.41, 5.74) is 2.07. The summed E-state index contributed by atoms with van der Waals surface area (Å²) in [5.74, 6) is 1.35. The van der Waals surface area contributed by atoms with Crippen molar-refractivity contribution in [1.29, 1.82) is 0 Å². The molecule has 0 fully saturated rings. The number of hydrogen-bond acceptors (Lipinski definition) is 4. The molecule has 0 radical (unpaired) electrons. The maximum absolute atomic E-state index is 6.13. The first-order valence-corrected chi connectivity index (χ1v) is 7.63. The molecule has 2 rings (SSSR count). The average Bonchev–Trinajstić information content (AvgIpc) is 2.49. The van der Waals surface area contributed by atoms with Gasteiger partial charge in [-0.25, -0.2) is 4.98 Å². The molecule has 0 aliphatic heterocycles. The van der Waals surface area contributed by atoms with Gasteiger partial charge in [-0.3, -0.25) is 4.98 Å². The second kappa shape index (κ2) is 7.93. The largest absolute Gasteiger partial charge is 0.477 e. The Morgan fingerprint density at radius 1 is 1.14 bits per heavy atom.